The SMILES string of the molecule is NC1CC[C@@H]2CN(C(=O)Cc3cccc(Br)c3)C[C@@H]2C1. The lowest BCUT2D eigenvalue weighted by atomic mass is 9.79. The van der Waals surface area contributed by atoms with Crippen molar-refractivity contribution in [3.05, 3.63) is 34.3 Å². The maximum Gasteiger partial charge on any atom is 0.227 e. The largest absolute Gasteiger partial charge is 0.342 e. The van der Waals surface area contributed by atoms with E-state index in [1.807, 2.05) is 29.2 Å². The van der Waals surface area contributed by atoms with Crippen molar-refractivity contribution >= 4 is 21.8 Å². The monoisotopic (exact) mass is 336 g/mol. The molecule has 2 N–H and O–H groups in total. The Morgan fingerprint density at radius 2 is 2.10 bits per heavy atom. The smallest absolute Gasteiger partial charge is 0.227 e. The number of amides is 1. The molecule has 3 nitrogen and oxygen atoms in total. The summed E-state index contributed by atoms with van der Waals surface area (Å²) in [6.45, 7) is 1.84. The number of carbonyl (C=O) groups is 1. The number of benzene rings is 1. The van der Waals surface area contributed by atoms with Crippen LogP contribution in [0.5, 0.6) is 0 Å². The van der Waals surface area contributed by atoms with Crippen LogP contribution in [0.1, 0.15) is 24.8 Å². The fraction of sp³-hybridized carbons (Fsp3) is 0.562. The Balaban J connectivity index is 1.61. The molecule has 1 amide bonds. The molecule has 0 radical (unpaired) electrons. The lowest BCUT2D eigenvalue weighted by molar-refractivity contribution is -0.129. The van der Waals surface area contributed by atoms with E-state index in [0.717, 1.165) is 36.0 Å². The quantitative estimate of drug-likeness (QED) is 0.902. The number of nitrogens with zero attached hydrogens (tertiary/aromatic N) is 1. The summed E-state index contributed by atoms with van der Waals surface area (Å²) < 4.78 is 1.03. The second-order valence-electron chi connectivity index (χ2n) is 6.20. The van der Waals surface area contributed by atoms with Gasteiger partial charge in [0.1, 0.15) is 0 Å². The normalized spacial score (nSPS) is 29.3. The lowest BCUT2D eigenvalue weighted by Crippen LogP contribution is -2.32. The minimum Gasteiger partial charge on any atom is -0.342 e. The highest BCUT2D eigenvalue weighted by molar-refractivity contribution is 9.10. The first kappa shape index (κ1) is 14.1. The zero-order valence-corrected chi connectivity index (χ0v) is 13.2. The van der Waals surface area contributed by atoms with E-state index in [0.29, 0.717) is 24.3 Å². The van der Waals surface area contributed by atoms with Gasteiger partial charge in [0.15, 0.2) is 0 Å². The van der Waals surface area contributed by atoms with Crippen LogP contribution in [0.4, 0.5) is 0 Å². The lowest BCUT2D eigenvalue weighted by Gasteiger charge is -2.27. The zero-order chi connectivity index (χ0) is 14.1. The minimum atomic E-state index is 0.256. The number of likely N-dealkylation sites (tertiary alicyclic amines) is 1. The third-order valence-electron chi connectivity index (χ3n) is 4.69. The van der Waals surface area contributed by atoms with Gasteiger partial charge in [-0.2, -0.15) is 0 Å². The summed E-state index contributed by atoms with van der Waals surface area (Å²) in [7, 11) is 0. The molecule has 1 unspecified atom stereocenters. The molecule has 0 spiro atoms. The van der Waals surface area contributed by atoms with Gasteiger partial charge < -0.3 is 10.6 Å². The molecular formula is C16H21BrN2O. The minimum absolute atomic E-state index is 0.256. The van der Waals surface area contributed by atoms with Crippen LogP contribution < -0.4 is 5.73 Å². The van der Waals surface area contributed by atoms with Crippen LogP contribution in [0.25, 0.3) is 0 Å². The van der Waals surface area contributed by atoms with Crippen LogP contribution in [0.3, 0.4) is 0 Å². The van der Waals surface area contributed by atoms with Gasteiger partial charge in [0.05, 0.1) is 6.42 Å². The Morgan fingerprint density at radius 1 is 1.30 bits per heavy atom. The maximum absolute atomic E-state index is 12.4. The van der Waals surface area contributed by atoms with Gasteiger partial charge in [-0.25, -0.2) is 0 Å². The van der Waals surface area contributed by atoms with Crippen molar-refractivity contribution in [2.24, 2.45) is 17.6 Å². The van der Waals surface area contributed by atoms with Crippen LogP contribution in [0.15, 0.2) is 28.7 Å². The van der Waals surface area contributed by atoms with E-state index < -0.39 is 0 Å². The summed E-state index contributed by atoms with van der Waals surface area (Å²) in [4.78, 5) is 14.5. The van der Waals surface area contributed by atoms with E-state index in [-0.39, 0.29) is 5.91 Å². The molecule has 3 rings (SSSR count). The van der Waals surface area contributed by atoms with Crippen molar-refractivity contribution in [1.29, 1.82) is 0 Å². The van der Waals surface area contributed by atoms with Crippen molar-refractivity contribution in [3.8, 4) is 0 Å². The van der Waals surface area contributed by atoms with Crippen molar-refractivity contribution in [1.82, 2.24) is 4.90 Å². The Bertz CT molecular complexity index is 505. The van der Waals surface area contributed by atoms with Gasteiger partial charge in [0, 0.05) is 23.6 Å². The van der Waals surface area contributed by atoms with Crippen molar-refractivity contribution in [3.63, 3.8) is 0 Å². The van der Waals surface area contributed by atoms with E-state index in [1.54, 1.807) is 0 Å². The summed E-state index contributed by atoms with van der Waals surface area (Å²) >= 11 is 3.45. The number of hydrogen-bond donors (Lipinski definition) is 1. The van der Waals surface area contributed by atoms with Gasteiger partial charge in [-0.3, -0.25) is 4.79 Å². The Kier molecular flexibility index (Phi) is 4.13. The molecule has 108 valence electrons. The summed E-state index contributed by atoms with van der Waals surface area (Å²) in [5.74, 6) is 1.57. The van der Waals surface area contributed by atoms with Crippen LogP contribution in [-0.4, -0.2) is 29.9 Å². The van der Waals surface area contributed by atoms with Gasteiger partial charge in [0.25, 0.3) is 0 Å². The first-order valence-corrected chi connectivity index (χ1v) is 8.19. The van der Waals surface area contributed by atoms with Gasteiger partial charge in [-0.1, -0.05) is 28.1 Å². The van der Waals surface area contributed by atoms with E-state index >= 15 is 0 Å². The van der Waals surface area contributed by atoms with E-state index in [1.165, 1.54) is 6.42 Å². The number of fused-ring (bicyclic) bond motifs is 1. The Morgan fingerprint density at radius 3 is 2.90 bits per heavy atom. The molecule has 1 aromatic rings. The van der Waals surface area contributed by atoms with Crippen LogP contribution in [0.2, 0.25) is 0 Å². The highest BCUT2D eigenvalue weighted by Crippen LogP contribution is 2.35. The van der Waals surface area contributed by atoms with Crippen molar-refractivity contribution < 1.29 is 4.79 Å². The first-order valence-electron chi connectivity index (χ1n) is 7.39. The maximum atomic E-state index is 12.4. The van der Waals surface area contributed by atoms with Crippen molar-refractivity contribution in [2.45, 2.75) is 31.7 Å². The summed E-state index contributed by atoms with van der Waals surface area (Å²) in [6, 6.07) is 8.35. The number of halogens is 1. The van der Waals surface area contributed by atoms with Crippen LogP contribution >= 0.6 is 15.9 Å². The van der Waals surface area contributed by atoms with Gasteiger partial charge >= 0.3 is 0 Å². The van der Waals surface area contributed by atoms with Gasteiger partial charge in [-0.15, -0.1) is 0 Å². The molecule has 1 aliphatic heterocycles. The first-order chi connectivity index (χ1) is 9.61. The topological polar surface area (TPSA) is 46.3 Å². The molecule has 1 aromatic carbocycles. The molecule has 4 heteroatoms. The van der Waals surface area contributed by atoms with Gasteiger partial charge in [0.2, 0.25) is 5.91 Å². The second kappa shape index (κ2) is 5.86. The van der Waals surface area contributed by atoms with E-state index in [9.17, 15) is 4.79 Å². The number of carbonyl (C=O) groups excluding carboxylic acids is 1. The molecule has 1 saturated carbocycles. The van der Waals surface area contributed by atoms with Crippen LogP contribution in [-0.2, 0) is 11.2 Å². The molecule has 2 fully saturated rings. The Labute approximate surface area is 128 Å². The average Bonchev–Trinajstić information content (AvgIpc) is 2.81. The third kappa shape index (κ3) is 3.07. The number of rotatable bonds is 2. The fourth-order valence-electron chi connectivity index (χ4n) is 3.60. The molecule has 3 atom stereocenters. The molecule has 1 heterocycles. The highest BCUT2D eigenvalue weighted by atomic mass is 79.9. The van der Waals surface area contributed by atoms with E-state index in [2.05, 4.69) is 15.9 Å². The predicted octanol–water partition coefficient (Wildman–Crippen LogP) is 2.58. The third-order valence-corrected chi connectivity index (χ3v) is 5.18. The van der Waals surface area contributed by atoms with E-state index in [4.69, 9.17) is 5.73 Å². The fourth-order valence-corrected chi connectivity index (χ4v) is 4.05. The average molecular weight is 337 g/mol. The predicted molar refractivity (Wildman–Crippen MR) is 83.2 cm³/mol. The van der Waals surface area contributed by atoms with Crippen molar-refractivity contribution in [2.75, 3.05) is 13.1 Å². The van der Waals surface area contributed by atoms with Crippen LogP contribution in [0, 0.1) is 11.8 Å². The molecule has 1 saturated heterocycles. The summed E-state index contributed by atoms with van der Waals surface area (Å²) in [5, 5.41) is 0. The molecular weight excluding hydrogens is 316 g/mol. The Hall–Kier alpha value is -0.870. The summed E-state index contributed by atoms with van der Waals surface area (Å²) in [5.41, 5.74) is 7.12. The molecule has 0 bridgehead atoms. The second-order valence-corrected chi connectivity index (χ2v) is 7.11. The molecule has 2 aliphatic rings. The highest BCUT2D eigenvalue weighted by Gasteiger charge is 2.38. The zero-order valence-electron chi connectivity index (χ0n) is 11.6. The molecule has 0 aromatic heterocycles. The molecule has 20 heavy (non-hydrogen) atoms. The molecule has 1 aliphatic carbocycles. The number of hydrogen-bond acceptors (Lipinski definition) is 2. The summed E-state index contributed by atoms with van der Waals surface area (Å²) in [6.07, 6.45) is 3.90. The standard InChI is InChI=1S/C16H21BrN2O/c17-14-3-1-2-11(6-14)7-16(20)19-9-12-4-5-15(18)8-13(12)10-19/h1-3,6,12-13,15H,4-5,7-10,18H2/t12-,13+,15?/m1/s1. The number of nitrogens with two attached hydrogens (primary N) is 1. The van der Waals surface area contributed by atoms with Gasteiger partial charge in [-0.05, 0) is 48.8 Å².